The summed E-state index contributed by atoms with van der Waals surface area (Å²) in [6, 6.07) is 7.88. The Hall–Kier alpha value is -1.61. The zero-order valence-electron chi connectivity index (χ0n) is 8.58. The van der Waals surface area contributed by atoms with Crippen molar-refractivity contribution in [1.29, 1.82) is 0 Å². The highest BCUT2D eigenvalue weighted by atomic mass is 35.5. The van der Waals surface area contributed by atoms with Crippen LogP contribution < -0.4 is 4.74 Å². The first-order valence-corrected chi connectivity index (χ1v) is 5.04. The van der Waals surface area contributed by atoms with Crippen molar-refractivity contribution in [3.05, 3.63) is 47.4 Å². The summed E-state index contributed by atoms with van der Waals surface area (Å²) in [7, 11) is 1.49. The molecule has 0 spiro atoms. The first-order chi connectivity index (χ1) is 7.70. The molecule has 0 atom stereocenters. The Morgan fingerprint density at radius 3 is 2.69 bits per heavy atom. The average Bonchev–Trinajstić information content (AvgIpc) is 2.28. The van der Waals surface area contributed by atoms with Gasteiger partial charge in [-0.3, -0.25) is 4.98 Å². The van der Waals surface area contributed by atoms with Crippen LogP contribution in [0.3, 0.4) is 0 Å². The second kappa shape index (κ2) is 4.49. The smallest absolute Gasteiger partial charge is 0.136 e. The molecule has 0 saturated heterocycles. The van der Waals surface area contributed by atoms with Crippen molar-refractivity contribution in [2.24, 2.45) is 0 Å². The lowest BCUT2D eigenvalue weighted by molar-refractivity contribution is 0.411. The molecule has 0 aliphatic rings. The van der Waals surface area contributed by atoms with E-state index >= 15 is 0 Å². The molecule has 1 heterocycles. The van der Waals surface area contributed by atoms with Gasteiger partial charge in [0.25, 0.3) is 0 Å². The van der Waals surface area contributed by atoms with Crippen molar-refractivity contribution in [2.45, 2.75) is 0 Å². The minimum atomic E-state index is -0.380. The molecular formula is C12H9ClFNO. The molecule has 1 aromatic heterocycles. The lowest BCUT2D eigenvalue weighted by Crippen LogP contribution is -1.90. The predicted octanol–water partition coefficient (Wildman–Crippen LogP) is 3.55. The molecule has 0 amide bonds. The van der Waals surface area contributed by atoms with Gasteiger partial charge in [0.1, 0.15) is 11.6 Å². The van der Waals surface area contributed by atoms with Gasteiger partial charge >= 0.3 is 0 Å². The number of aromatic nitrogens is 1. The molecule has 16 heavy (non-hydrogen) atoms. The topological polar surface area (TPSA) is 22.1 Å². The molecular weight excluding hydrogens is 229 g/mol. The molecule has 0 radical (unpaired) electrons. The maximum Gasteiger partial charge on any atom is 0.136 e. The van der Waals surface area contributed by atoms with Gasteiger partial charge in [-0.1, -0.05) is 11.6 Å². The van der Waals surface area contributed by atoms with E-state index in [1.807, 2.05) is 0 Å². The van der Waals surface area contributed by atoms with E-state index in [0.717, 1.165) is 0 Å². The normalized spacial score (nSPS) is 10.2. The van der Waals surface area contributed by atoms with Gasteiger partial charge in [-0.05, 0) is 24.3 Å². The molecule has 0 fully saturated rings. The van der Waals surface area contributed by atoms with Gasteiger partial charge in [0.05, 0.1) is 12.8 Å². The largest absolute Gasteiger partial charge is 0.497 e. The fraction of sp³-hybridized carbons (Fsp3) is 0.0833. The van der Waals surface area contributed by atoms with E-state index in [-0.39, 0.29) is 5.82 Å². The Morgan fingerprint density at radius 2 is 2.06 bits per heavy atom. The molecule has 2 rings (SSSR count). The van der Waals surface area contributed by atoms with Crippen molar-refractivity contribution < 1.29 is 9.13 Å². The number of hydrogen-bond donors (Lipinski definition) is 0. The summed E-state index contributed by atoms with van der Waals surface area (Å²) in [5.41, 5.74) is 0.913. The van der Waals surface area contributed by atoms with Crippen LogP contribution in [0.1, 0.15) is 0 Å². The molecule has 82 valence electrons. The van der Waals surface area contributed by atoms with Crippen LogP contribution in [-0.2, 0) is 0 Å². The van der Waals surface area contributed by atoms with Crippen LogP contribution in [0.5, 0.6) is 5.75 Å². The standard InChI is InChI=1S/C12H9ClFNO/c1-16-9-2-3-10(11(14)7-9)12-6-8(13)4-5-15-12/h2-7H,1H3. The van der Waals surface area contributed by atoms with E-state index in [0.29, 0.717) is 22.0 Å². The molecule has 0 saturated carbocycles. The van der Waals surface area contributed by atoms with Gasteiger partial charge in [0.15, 0.2) is 0 Å². The Bertz CT molecular complexity index is 516. The minimum Gasteiger partial charge on any atom is -0.497 e. The van der Waals surface area contributed by atoms with Crippen LogP contribution in [0.25, 0.3) is 11.3 Å². The highest BCUT2D eigenvalue weighted by Gasteiger charge is 2.07. The quantitative estimate of drug-likeness (QED) is 0.797. The monoisotopic (exact) mass is 237 g/mol. The predicted molar refractivity (Wildman–Crippen MR) is 61.2 cm³/mol. The van der Waals surface area contributed by atoms with E-state index < -0.39 is 0 Å². The molecule has 0 aliphatic heterocycles. The third-order valence-corrected chi connectivity index (χ3v) is 2.41. The van der Waals surface area contributed by atoms with Crippen molar-refractivity contribution in [2.75, 3.05) is 7.11 Å². The van der Waals surface area contributed by atoms with E-state index in [1.165, 1.54) is 13.2 Å². The number of halogens is 2. The zero-order valence-corrected chi connectivity index (χ0v) is 9.33. The van der Waals surface area contributed by atoms with Crippen molar-refractivity contribution in [3.8, 4) is 17.0 Å². The molecule has 0 N–H and O–H groups in total. The fourth-order valence-electron chi connectivity index (χ4n) is 1.38. The summed E-state index contributed by atoms with van der Waals surface area (Å²) in [6.07, 6.45) is 1.54. The fourth-order valence-corrected chi connectivity index (χ4v) is 1.54. The highest BCUT2D eigenvalue weighted by Crippen LogP contribution is 2.26. The van der Waals surface area contributed by atoms with Crippen LogP contribution in [0.2, 0.25) is 5.02 Å². The van der Waals surface area contributed by atoms with E-state index in [2.05, 4.69) is 4.98 Å². The average molecular weight is 238 g/mol. The Morgan fingerprint density at radius 1 is 1.25 bits per heavy atom. The third kappa shape index (κ3) is 2.14. The highest BCUT2D eigenvalue weighted by molar-refractivity contribution is 6.30. The van der Waals surface area contributed by atoms with Crippen molar-refractivity contribution in [3.63, 3.8) is 0 Å². The van der Waals surface area contributed by atoms with Gasteiger partial charge in [-0.15, -0.1) is 0 Å². The zero-order chi connectivity index (χ0) is 11.5. The number of methoxy groups -OCH3 is 1. The Kier molecular flexibility index (Phi) is 3.06. The maximum absolute atomic E-state index is 13.7. The van der Waals surface area contributed by atoms with Gasteiger partial charge < -0.3 is 4.74 Å². The molecule has 2 aromatic rings. The summed E-state index contributed by atoms with van der Waals surface area (Å²) in [5, 5.41) is 0.528. The Labute approximate surface area is 97.7 Å². The van der Waals surface area contributed by atoms with Crippen LogP contribution in [-0.4, -0.2) is 12.1 Å². The number of nitrogens with zero attached hydrogens (tertiary/aromatic N) is 1. The van der Waals surface area contributed by atoms with Crippen LogP contribution in [0, 0.1) is 5.82 Å². The first kappa shape index (κ1) is 10.9. The van der Waals surface area contributed by atoms with Gasteiger partial charge in [-0.2, -0.15) is 0 Å². The Balaban J connectivity index is 2.48. The molecule has 2 nitrogen and oxygen atoms in total. The molecule has 4 heteroatoms. The lowest BCUT2D eigenvalue weighted by Gasteiger charge is -2.05. The molecule has 0 aliphatic carbocycles. The number of hydrogen-bond acceptors (Lipinski definition) is 2. The summed E-state index contributed by atoms with van der Waals surface area (Å²) in [4.78, 5) is 4.06. The van der Waals surface area contributed by atoms with E-state index in [4.69, 9.17) is 16.3 Å². The van der Waals surface area contributed by atoms with E-state index in [1.54, 1.807) is 30.5 Å². The van der Waals surface area contributed by atoms with E-state index in [9.17, 15) is 4.39 Å². The maximum atomic E-state index is 13.7. The molecule has 0 bridgehead atoms. The van der Waals surface area contributed by atoms with Crippen molar-refractivity contribution >= 4 is 11.6 Å². The van der Waals surface area contributed by atoms with Crippen LogP contribution >= 0.6 is 11.6 Å². The second-order valence-corrected chi connectivity index (χ2v) is 3.64. The molecule has 1 aromatic carbocycles. The van der Waals surface area contributed by atoms with Crippen LogP contribution in [0.4, 0.5) is 4.39 Å². The summed E-state index contributed by atoms with van der Waals surface area (Å²) < 4.78 is 18.6. The van der Waals surface area contributed by atoms with Gasteiger partial charge in [0.2, 0.25) is 0 Å². The summed E-state index contributed by atoms with van der Waals surface area (Å²) in [5.74, 6) is 0.0948. The number of benzene rings is 1. The SMILES string of the molecule is COc1ccc(-c2cc(Cl)ccn2)c(F)c1. The lowest BCUT2D eigenvalue weighted by atomic mass is 10.1. The van der Waals surface area contributed by atoms with Crippen molar-refractivity contribution in [1.82, 2.24) is 4.98 Å². The first-order valence-electron chi connectivity index (χ1n) is 4.66. The number of pyridine rings is 1. The summed E-state index contributed by atoms with van der Waals surface area (Å²) >= 11 is 5.82. The van der Waals surface area contributed by atoms with Gasteiger partial charge in [0, 0.05) is 22.8 Å². The van der Waals surface area contributed by atoms with Crippen LogP contribution in [0.15, 0.2) is 36.5 Å². The number of rotatable bonds is 2. The third-order valence-electron chi connectivity index (χ3n) is 2.17. The van der Waals surface area contributed by atoms with Gasteiger partial charge in [-0.25, -0.2) is 4.39 Å². The number of ether oxygens (including phenoxy) is 1. The minimum absolute atomic E-state index is 0.380. The molecule has 0 unspecified atom stereocenters. The second-order valence-electron chi connectivity index (χ2n) is 3.21. The summed E-state index contributed by atoms with van der Waals surface area (Å²) in [6.45, 7) is 0.